The van der Waals surface area contributed by atoms with E-state index in [1.807, 2.05) is 26.0 Å². The van der Waals surface area contributed by atoms with Crippen LogP contribution in [0.15, 0.2) is 35.7 Å². The van der Waals surface area contributed by atoms with Gasteiger partial charge >= 0.3 is 11.8 Å². The van der Waals surface area contributed by atoms with Gasteiger partial charge in [-0.2, -0.15) is 0 Å². The molecule has 0 radical (unpaired) electrons. The number of hydrogen-bond acceptors (Lipinski definition) is 4. The van der Waals surface area contributed by atoms with Gasteiger partial charge in [-0.15, -0.1) is 11.3 Å². The molecule has 1 aliphatic rings. The average molecular weight is 414 g/mol. The number of anilines is 1. The third-order valence-electron chi connectivity index (χ3n) is 5.61. The van der Waals surface area contributed by atoms with Crippen molar-refractivity contribution in [1.29, 1.82) is 0 Å². The van der Waals surface area contributed by atoms with Crippen LogP contribution in [0.3, 0.4) is 0 Å². The molecule has 0 atom stereocenters. The third kappa shape index (κ3) is 5.23. The minimum Gasteiger partial charge on any atom is -0.354 e. The molecule has 3 N–H and O–H groups in total. The number of amides is 3. The quantitative estimate of drug-likeness (QED) is 0.636. The van der Waals surface area contributed by atoms with Crippen LogP contribution in [0, 0.1) is 13.8 Å². The molecule has 154 valence electrons. The highest BCUT2D eigenvalue weighted by molar-refractivity contribution is 7.10. The van der Waals surface area contributed by atoms with Gasteiger partial charge < -0.3 is 16.0 Å². The van der Waals surface area contributed by atoms with E-state index in [0.29, 0.717) is 12.2 Å². The normalized spacial score (nSPS) is 15.0. The summed E-state index contributed by atoms with van der Waals surface area (Å²) >= 11 is 1.72. The molecule has 0 unspecified atom stereocenters. The summed E-state index contributed by atoms with van der Waals surface area (Å²) in [5.41, 5.74) is 2.67. The van der Waals surface area contributed by atoms with Crippen molar-refractivity contribution in [2.45, 2.75) is 44.9 Å². The molecule has 3 rings (SSSR count). The SMILES string of the molecule is Cc1ccc(NC(=O)C(=O)NCC(=O)NCC2(c3cccs3)CCCC2)cc1C. The molecule has 3 amide bonds. The maximum Gasteiger partial charge on any atom is 0.313 e. The fourth-order valence-corrected chi connectivity index (χ4v) is 4.71. The summed E-state index contributed by atoms with van der Waals surface area (Å²) in [6, 6.07) is 9.59. The number of benzene rings is 1. The van der Waals surface area contributed by atoms with Gasteiger partial charge in [0.15, 0.2) is 0 Å². The van der Waals surface area contributed by atoms with E-state index in [2.05, 4.69) is 27.4 Å². The summed E-state index contributed by atoms with van der Waals surface area (Å²) < 4.78 is 0. The maximum absolute atomic E-state index is 12.2. The van der Waals surface area contributed by atoms with E-state index in [0.717, 1.165) is 36.8 Å². The Labute approximate surface area is 175 Å². The lowest BCUT2D eigenvalue weighted by Gasteiger charge is -2.28. The van der Waals surface area contributed by atoms with E-state index in [1.165, 1.54) is 4.88 Å². The zero-order valence-corrected chi connectivity index (χ0v) is 17.7. The Morgan fingerprint density at radius 2 is 1.76 bits per heavy atom. The van der Waals surface area contributed by atoms with Gasteiger partial charge in [-0.25, -0.2) is 0 Å². The standard InChI is InChI=1S/C22H27N3O3S/c1-15-7-8-17(12-16(15)2)25-21(28)20(27)23-13-19(26)24-14-22(9-3-4-10-22)18-6-5-11-29-18/h5-8,11-12H,3-4,9-10,13-14H2,1-2H3,(H,23,27)(H,24,26)(H,25,28). The number of hydrogen-bond donors (Lipinski definition) is 3. The van der Waals surface area contributed by atoms with Gasteiger partial charge in [0.25, 0.3) is 0 Å². The second-order valence-corrected chi connectivity index (χ2v) is 8.63. The monoisotopic (exact) mass is 413 g/mol. The first-order chi connectivity index (χ1) is 13.9. The van der Waals surface area contributed by atoms with Crippen LogP contribution in [-0.2, 0) is 19.8 Å². The van der Waals surface area contributed by atoms with Crippen molar-refractivity contribution in [2.75, 3.05) is 18.4 Å². The van der Waals surface area contributed by atoms with Crippen LogP contribution in [0.25, 0.3) is 0 Å². The van der Waals surface area contributed by atoms with E-state index in [4.69, 9.17) is 0 Å². The average Bonchev–Trinajstić information content (AvgIpc) is 3.40. The summed E-state index contributed by atoms with van der Waals surface area (Å²) in [5, 5.41) is 9.94. The second-order valence-electron chi connectivity index (χ2n) is 7.68. The van der Waals surface area contributed by atoms with E-state index in [-0.39, 0.29) is 17.9 Å². The number of carbonyl (C=O) groups excluding carboxylic acids is 3. The Hall–Kier alpha value is -2.67. The molecule has 0 bridgehead atoms. The van der Waals surface area contributed by atoms with Crippen LogP contribution in [0.5, 0.6) is 0 Å². The van der Waals surface area contributed by atoms with Crippen molar-refractivity contribution in [3.05, 3.63) is 51.7 Å². The minimum absolute atomic E-state index is 0.00545. The van der Waals surface area contributed by atoms with Crippen molar-refractivity contribution in [3.8, 4) is 0 Å². The lowest BCUT2D eigenvalue weighted by Crippen LogP contribution is -2.45. The maximum atomic E-state index is 12.2. The van der Waals surface area contributed by atoms with Crippen LogP contribution >= 0.6 is 11.3 Å². The molecule has 6 nitrogen and oxygen atoms in total. The molecule has 1 heterocycles. The summed E-state index contributed by atoms with van der Waals surface area (Å²) in [6.07, 6.45) is 4.42. The van der Waals surface area contributed by atoms with Gasteiger partial charge in [0.2, 0.25) is 5.91 Å². The first-order valence-corrected chi connectivity index (χ1v) is 10.7. The van der Waals surface area contributed by atoms with Gasteiger partial charge in [-0.3, -0.25) is 14.4 Å². The summed E-state index contributed by atoms with van der Waals surface area (Å²) in [4.78, 5) is 37.6. The van der Waals surface area contributed by atoms with Crippen LogP contribution in [0.2, 0.25) is 0 Å². The Morgan fingerprint density at radius 1 is 1.00 bits per heavy atom. The van der Waals surface area contributed by atoms with Crippen LogP contribution < -0.4 is 16.0 Å². The Balaban J connectivity index is 1.46. The number of rotatable bonds is 6. The molecular formula is C22H27N3O3S. The van der Waals surface area contributed by atoms with Crippen LogP contribution in [0.4, 0.5) is 5.69 Å². The predicted molar refractivity (Wildman–Crippen MR) is 115 cm³/mol. The zero-order chi connectivity index (χ0) is 20.9. The van der Waals surface area contributed by atoms with Gasteiger partial charge in [0, 0.05) is 22.5 Å². The first-order valence-electron chi connectivity index (χ1n) is 9.87. The van der Waals surface area contributed by atoms with Gasteiger partial charge in [-0.05, 0) is 61.4 Å². The molecule has 0 aliphatic heterocycles. The van der Waals surface area contributed by atoms with Gasteiger partial charge in [-0.1, -0.05) is 25.0 Å². The highest BCUT2D eigenvalue weighted by atomic mass is 32.1. The van der Waals surface area contributed by atoms with Crippen molar-refractivity contribution < 1.29 is 14.4 Å². The molecule has 1 fully saturated rings. The topological polar surface area (TPSA) is 87.3 Å². The molecule has 1 aromatic carbocycles. The molecule has 0 saturated heterocycles. The van der Waals surface area contributed by atoms with Crippen LogP contribution in [0.1, 0.15) is 41.7 Å². The van der Waals surface area contributed by atoms with Gasteiger partial charge in [0.1, 0.15) is 0 Å². The summed E-state index contributed by atoms with van der Waals surface area (Å²) in [7, 11) is 0. The van der Waals surface area contributed by atoms with E-state index < -0.39 is 11.8 Å². The van der Waals surface area contributed by atoms with E-state index in [1.54, 1.807) is 23.5 Å². The number of nitrogens with one attached hydrogen (secondary N) is 3. The smallest absolute Gasteiger partial charge is 0.313 e. The first kappa shape index (κ1) is 21.0. The lowest BCUT2D eigenvalue weighted by atomic mass is 9.84. The Kier molecular flexibility index (Phi) is 6.69. The fraction of sp³-hybridized carbons (Fsp3) is 0.409. The zero-order valence-electron chi connectivity index (χ0n) is 16.8. The minimum atomic E-state index is -0.827. The van der Waals surface area contributed by atoms with Crippen molar-refractivity contribution in [1.82, 2.24) is 10.6 Å². The van der Waals surface area contributed by atoms with Crippen molar-refractivity contribution in [3.63, 3.8) is 0 Å². The van der Waals surface area contributed by atoms with Crippen LogP contribution in [-0.4, -0.2) is 30.8 Å². The fourth-order valence-electron chi connectivity index (χ4n) is 3.72. The van der Waals surface area contributed by atoms with E-state index >= 15 is 0 Å². The molecular weight excluding hydrogens is 386 g/mol. The molecule has 0 spiro atoms. The third-order valence-corrected chi connectivity index (χ3v) is 6.73. The Morgan fingerprint density at radius 3 is 2.41 bits per heavy atom. The molecule has 1 aliphatic carbocycles. The van der Waals surface area contributed by atoms with Crippen molar-refractivity contribution in [2.24, 2.45) is 0 Å². The summed E-state index contributed by atoms with van der Waals surface area (Å²) in [5.74, 6) is -1.90. The predicted octanol–water partition coefficient (Wildman–Crippen LogP) is 3.05. The molecule has 29 heavy (non-hydrogen) atoms. The number of thiophene rings is 1. The van der Waals surface area contributed by atoms with Crippen molar-refractivity contribution >= 4 is 34.7 Å². The lowest BCUT2D eigenvalue weighted by molar-refractivity contribution is -0.136. The molecule has 1 aromatic heterocycles. The highest BCUT2D eigenvalue weighted by Crippen LogP contribution is 2.42. The summed E-state index contributed by atoms with van der Waals surface area (Å²) in [6.45, 7) is 4.24. The number of carbonyl (C=O) groups is 3. The Bertz CT molecular complexity index is 887. The highest BCUT2D eigenvalue weighted by Gasteiger charge is 2.36. The molecule has 2 aromatic rings. The molecule has 7 heteroatoms. The number of aryl methyl sites for hydroxylation is 2. The molecule has 1 saturated carbocycles. The van der Waals surface area contributed by atoms with E-state index in [9.17, 15) is 14.4 Å². The second kappa shape index (κ2) is 9.22. The van der Waals surface area contributed by atoms with Gasteiger partial charge in [0.05, 0.1) is 6.54 Å². The largest absolute Gasteiger partial charge is 0.354 e.